The zero-order valence-corrected chi connectivity index (χ0v) is 14.4. The van der Waals surface area contributed by atoms with E-state index in [1.165, 1.54) is 6.42 Å². The van der Waals surface area contributed by atoms with Gasteiger partial charge in [-0.1, -0.05) is 6.92 Å². The number of hydrogen-bond donors (Lipinski definition) is 1. The summed E-state index contributed by atoms with van der Waals surface area (Å²) in [5.74, 6) is 3.25. The Balaban J connectivity index is 1.68. The van der Waals surface area contributed by atoms with Gasteiger partial charge in [0, 0.05) is 31.3 Å². The van der Waals surface area contributed by atoms with Crippen molar-refractivity contribution >= 4 is 11.6 Å². The molecule has 3 heteroatoms. The lowest BCUT2D eigenvalue weighted by Gasteiger charge is -2.60. The molecule has 4 rings (SSSR count). The average Bonchev–Trinajstić information content (AvgIpc) is 2.84. The predicted octanol–water partition coefficient (Wildman–Crippen LogP) is 3.53. The van der Waals surface area contributed by atoms with Crippen molar-refractivity contribution in [1.29, 1.82) is 0 Å². The first-order chi connectivity index (χ1) is 11.0. The van der Waals surface area contributed by atoms with Crippen LogP contribution in [0.2, 0.25) is 0 Å². The summed E-state index contributed by atoms with van der Waals surface area (Å²) >= 11 is 0. The molecule has 4 aliphatic carbocycles. The lowest BCUT2D eigenvalue weighted by Crippen LogP contribution is -2.55. The standard InChI is InChI=1S/C20H30O3/c1-19-8-7-17-15(16(19)4-5-18(19)23)3-2-13-12-14(22)6-9-20(13,17)10-11-21/h13,15-17,21H,2-12H2,1H3/t13-,15-,16-,17-,19-,20+/m0/s1. The molecule has 0 amide bonds. The number of carbonyl (C=O) groups excluding carboxylic acids is 2. The molecule has 6 atom stereocenters. The molecule has 128 valence electrons. The zero-order chi connectivity index (χ0) is 16.2. The summed E-state index contributed by atoms with van der Waals surface area (Å²) < 4.78 is 0. The van der Waals surface area contributed by atoms with Gasteiger partial charge in [0.2, 0.25) is 0 Å². The van der Waals surface area contributed by atoms with E-state index in [9.17, 15) is 14.7 Å². The Labute approximate surface area is 139 Å². The van der Waals surface area contributed by atoms with Crippen molar-refractivity contribution < 1.29 is 14.7 Å². The summed E-state index contributed by atoms with van der Waals surface area (Å²) in [6.07, 6.45) is 9.65. The quantitative estimate of drug-likeness (QED) is 0.847. The molecular weight excluding hydrogens is 288 g/mol. The molecule has 0 aromatic carbocycles. The van der Waals surface area contributed by atoms with E-state index in [2.05, 4.69) is 6.92 Å². The first kappa shape index (κ1) is 15.8. The second kappa shape index (κ2) is 5.40. The number of hydrogen-bond acceptors (Lipinski definition) is 3. The number of fused-ring (bicyclic) bond motifs is 5. The third-order valence-electron chi connectivity index (χ3n) is 8.47. The summed E-state index contributed by atoms with van der Waals surface area (Å²) in [5.41, 5.74) is 0.109. The number of carbonyl (C=O) groups is 2. The average molecular weight is 318 g/mol. The van der Waals surface area contributed by atoms with Crippen LogP contribution in [0.1, 0.15) is 71.1 Å². The van der Waals surface area contributed by atoms with Gasteiger partial charge in [0.25, 0.3) is 0 Å². The second-order valence-electron chi connectivity index (χ2n) is 9.02. The lowest BCUT2D eigenvalue weighted by molar-refractivity contribution is -0.149. The minimum absolute atomic E-state index is 0.0705. The van der Waals surface area contributed by atoms with Crippen LogP contribution < -0.4 is 0 Å². The second-order valence-corrected chi connectivity index (χ2v) is 9.02. The SMILES string of the molecule is C[C@]12CC[C@H]3[C@@H](CC[C@H]4CC(=O)CC[C@@]43CCO)[C@@H]1CCC2=O. The van der Waals surface area contributed by atoms with Crippen molar-refractivity contribution in [2.45, 2.75) is 71.1 Å². The first-order valence-electron chi connectivity index (χ1n) is 9.67. The number of rotatable bonds is 2. The summed E-state index contributed by atoms with van der Waals surface area (Å²) in [5, 5.41) is 9.75. The van der Waals surface area contributed by atoms with Crippen LogP contribution in [0.25, 0.3) is 0 Å². The Hall–Kier alpha value is -0.700. The van der Waals surface area contributed by atoms with Gasteiger partial charge in [-0.05, 0) is 74.0 Å². The van der Waals surface area contributed by atoms with Crippen molar-refractivity contribution in [3.8, 4) is 0 Å². The van der Waals surface area contributed by atoms with E-state index in [1.807, 2.05) is 0 Å². The lowest BCUT2D eigenvalue weighted by atomic mass is 9.44. The number of ketones is 2. The molecule has 0 spiro atoms. The maximum atomic E-state index is 12.5. The van der Waals surface area contributed by atoms with Crippen LogP contribution in [0.15, 0.2) is 0 Å². The molecule has 3 nitrogen and oxygen atoms in total. The monoisotopic (exact) mass is 318 g/mol. The van der Waals surface area contributed by atoms with Gasteiger partial charge in [0.1, 0.15) is 11.6 Å². The molecule has 0 bridgehead atoms. The van der Waals surface area contributed by atoms with Crippen molar-refractivity contribution in [1.82, 2.24) is 0 Å². The highest BCUT2D eigenvalue weighted by Crippen LogP contribution is 2.66. The normalized spacial score (nSPS) is 49.5. The third kappa shape index (κ3) is 2.11. The van der Waals surface area contributed by atoms with Gasteiger partial charge in [0.05, 0.1) is 0 Å². The van der Waals surface area contributed by atoms with E-state index in [0.717, 1.165) is 51.4 Å². The topological polar surface area (TPSA) is 54.4 Å². The van der Waals surface area contributed by atoms with E-state index in [-0.39, 0.29) is 17.4 Å². The fraction of sp³-hybridized carbons (Fsp3) is 0.900. The van der Waals surface area contributed by atoms with Crippen LogP contribution in [-0.2, 0) is 9.59 Å². The van der Waals surface area contributed by atoms with Crippen LogP contribution in [0.5, 0.6) is 0 Å². The van der Waals surface area contributed by atoms with Gasteiger partial charge in [-0.3, -0.25) is 9.59 Å². The van der Waals surface area contributed by atoms with E-state index in [4.69, 9.17) is 0 Å². The molecule has 23 heavy (non-hydrogen) atoms. The summed E-state index contributed by atoms with van der Waals surface area (Å²) in [7, 11) is 0. The Kier molecular flexibility index (Phi) is 3.71. The summed E-state index contributed by atoms with van der Waals surface area (Å²) in [4.78, 5) is 24.4. The van der Waals surface area contributed by atoms with Crippen molar-refractivity contribution in [3.63, 3.8) is 0 Å². The largest absolute Gasteiger partial charge is 0.396 e. The van der Waals surface area contributed by atoms with E-state index < -0.39 is 0 Å². The molecule has 4 fully saturated rings. The van der Waals surface area contributed by atoms with Gasteiger partial charge in [-0.2, -0.15) is 0 Å². The van der Waals surface area contributed by atoms with Crippen LogP contribution >= 0.6 is 0 Å². The van der Waals surface area contributed by atoms with Crippen molar-refractivity contribution in [2.75, 3.05) is 6.61 Å². The van der Waals surface area contributed by atoms with Crippen molar-refractivity contribution in [2.24, 2.45) is 34.5 Å². The van der Waals surface area contributed by atoms with Crippen LogP contribution in [0.3, 0.4) is 0 Å². The highest BCUT2D eigenvalue weighted by Gasteiger charge is 2.61. The Morgan fingerprint density at radius 2 is 1.87 bits per heavy atom. The van der Waals surface area contributed by atoms with Gasteiger partial charge in [-0.25, -0.2) is 0 Å². The Bertz CT molecular complexity index is 527. The summed E-state index contributed by atoms with van der Waals surface area (Å²) in [6.45, 7) is 2.47. The van der Waals surface area contributed by atoms with Gasteiger partial charge in [0.15, 0.2) is 0 Å². The minimum atomic E-state index is -0.0705. The maximum Gasteiger partial charge on any atom is 0.139 e. The molecule has 4 saturated carbocycles. The molecular formula is C20H30O3. The molecule has 0 unspecified atom stereocenters. The molecule has 0 aliphatic heterocycles. The Morgan fingerprint density at radius 1 is 1.04 bits per heavy atom. The molecule has 0 saturated heterocycles. The fourth-order valence-corrected chi connectivity index (χ4v) is 7.33. The number of aliphatic hydroxyl groups excluding tert-OH is 1. The highest BCUT2D eigenvalue weighted by molar-refractivity contribution is 5.87. The van der Waals surface area contributed by atoms with Crippen LogP contribution in [0, 0.1) is 34.5 Å². The Morgan fingerprint density at radius 3 is 2.65 bits per heavy atom. The molecule has 0 aromatic heterocycles. The molecule has 4 aliphatic rings. The van der Waals surface area contributed by atoms with E-state index >= 15 is 0 Å². The molecule has 0 radical (unpaired) electrons. The number of Topliss-reactive ketones (excluding diaryl/α,β-unsaturated/α-hetero) is 2. The van der Waals surface area contributed by atoms with Crippen LogP contribution in [-0.4, -0.2) is 23.3 Å². The minimum Gasteiger partial charge on any atom is -0.396 e. The van der Waals surface area contributed by atoms with Crippen LogP contribution in [0.4, 0.5) is 0 Å². The molecule has 1 N–H and O–H groups in total. The molecule has 0 aromatic rings. The van der Waals surface area contributed by atoms with Gasteiger partial charge < -0.3 is 5.11 Å². The third-order valence-corrected chi connectivity index (χ3v) is 8.47. The molecule has 0 heterocycles. The summed E-state index contributed by atoms with van der Waals surface area (Å²) in [6, 6.07) is 0. The van der Waals surface area contributed by atoms with E-state index in [0.29, 0.717) is 41.7 Å². The number of aliphatic hydroxyl groups is 1. The highest BCUT2D eigenvalue weighted by atomic mass is 16.3. The van der Waals surface area contributed by atoms with Crippen molar-refractivity contribution in [3.05, 3.63) is 0 Å². The fourth-order valence-electron chi connectivity index (χ4n) is 7.33. The van der Waals surface area contributed by atoms with Gasteiger partial charge >= 0.3 is 0 Å². The van der Waals surface area contributed by atoms with Gasteiger partial charge in [-0.15, -0.1) is 0 Å². The predicted molar refractivity (Wildman–Crippen MR) is 87.8 cm³/mol. The van der Waals surface area contributed by atoms with E-state index in [1.54, 1.807) is 0 Å². The first-order valence-corrected chi connectivity index (χ1v) is 9.67. The maximum absolute atomic E-state index is 12.5. The smallest absolute Gasteiger partial charge is 0.139 e. The zero-order valence-electron chi connectivity index (χ0n) is 14.4.